The molecule has 2 aromatic carbocycles. The van der Waals surface area contributed by atoms with E-state index < -0.39 is 27.6 Å². The van der Waals surface area contributed by atoms with Gasteiger partial charge in [0, 0.05) is 0 Å². The molecular formula is C21H27NO5S. The Morgan fingerprint density at radius 1 is 0.929 bits per heavy atom. The highest BCUT2D eigenvalue weighted by Gasteiger charge is 2.32. The van der Waals surface area contributed by atoms with Crippen LogP contribution in [0, 0.1) is 5.92 Å². The molecule has 0 spiro atoms. The van der Waals surface area contributed by atoms with E-state index in [1.54, 1.807) is 58.9 Å². The molecule has 0 aliphatic rings. The predicted octanol–water partition coefficient (Wildman–Crippen LogP) is 4.12. The first kappa shape index (κ1) is 21.9. The molecule has 0 fully saturated rings. The van der Waals surface area contributed by atoms with Gasteiger partial charge in [-0.15, -0.1) is 0 Å². The van der Waals surface area contributed by atoms with Crippen molar-refractivity contribution < 1.29 is 22.7 Å². The Hall–Kier alpha value is -2.38. The number of para-hydroxylation sites is 1. The molecule has 0 saturated carbocycles. The summed E-state index contributed by atoms with van der Waals surface area (Å²) in [6, 6.07) is 14.2. The molecule has 0 aromatic heterocycles. The maximum Gasteiger partial charge on any atom is 0.324 e. The number of ether oxygens (including phenoxy) is 2. The molecule has 6 nitrogen and oxygen atoms in total. The van der Waals surface area contributed by atoms with Gasteiger partial charge in [0.1, 0.15) is 23.1 Å². The lowest BCUT2D eigenvalue weighted by Gasteiger charge is -2.26. The lowest BCUT2D eigenvalue weighted by atomic mass is 10.1. The average Bonchev–Trinajstić information content (AvgIpc) is 2.59. The van der Waals surface area contributed by atoms with Crippen LogP contribution in [0.2, 0.25) is 0 Å². The second kappa shape index (κ2) is 8.75. The Bertz CT molecular complexity index is 885. The third-order valence-corrected chi connectivity index (χ3v) is 5.18. The summed E-state index contributed by atoms with van der Waals surface area (Å²) in [4.78, 5) is 12.4. The first-order valence-electron chi connectivity index (χ1n) is 9.06. The first-order chi connectivity index (χ1) is 13.0. The van der Waals surface area contributed by atoms with Crippen LogP contribution in [-0.4, -0.2) is 26.0 Å². The van der Waals surface area contributed by atoms with E-state index in [0.717, 1.165) is 0 Å². The number of rotatable bonds is 7. The van der Waals surface area contributed by atoms with Crippen molar-refractivity contribution in [2.24, 2.45) is 5.92 Å². The van der Waals surface area contributed by atoms with Gasteiger partial charge in [0.05, 0.1) is 4.90 Å². The van der Waals surface area contributed by atoms with E-state index in [0.29, 0.717) is 11.5 Å². The summed E-state index contributed by atoms with van der Waals surface area (Å²) < 4.78 is 38.9. The normalized spacial score (nSPS) is 13.2. The number of nitrogens with one attached hydrogen (secondary N) is 1. The van der Waals surface area contributed by atoms with E-state index >= 15 is 0 Å². The third-order valence-electron chi connectivity index (χ3n) is 3.72. The highest BCUT2D eigenvalue weighted by atomic mass is 32.2. The molecule has 0 bridgehead atoms. The number of carbonyl (C=O) groups is 1. The van der Waals surface area contributed by atoms with Crippen LogP contribution in [0.1, 0.15) is 34.6 Å². The number of hydrogen-bond donors (Lipinski definition) is 1. The van der Waals surface area contributed by atoms with Crippen LogP contribution in [0.15, 0.2) is 59.5 Å². The van der Waals surface area contributed by atoms with Crippen molar-refractivity contribution in [3.8, 4) is 11.5 Å². The van der Waals surface area contributed by atoms with Crippen LogP contribution in [0.3, 0.4) is 0 Å². The zero-order chi connectivity index (χ0) is 20.9. The number of benzene rings is 2. The molecule has 2 aromatic rings. The highest BCUT2D eigenvalue weighted by Crippen LogP contribution is 2.23. The Morgan fingerprint density at radius 3 is 1.96 bits per heavy atom. The van der Waals surface area contributed by atoms with E-state index in [1.807, 2.05) is 18.2 Å². The quantitative estimate of drug-likeness (QED) is 0.701. The lowest BCUT2D eigenvalue weighted by molar-refractivity contribution is -0.158. The fraction of sp³-hybridized carbons (Fsp3) is 0.381. The molecule has 1 atom stereocenters. The molecule has 0 radical (unpaired) electrons. The largest absolute Gasteiger partial charge is 0.459 e. The maximum atomic E-state index is 12.7. The molecule has 28 heavy (non-hydrogen) atoms. The minimum Gasteiger partial charge on any atom is -0.459 e. The van der Waals surface area contributed by atoms with Gasteiger partial charge in [0.15, 0.2) is 0 Å². The lowest BCUT2D eigenvalue weighted by Crippen LogP contribution is -2.47. The predicted molar refractivity (Wildman–Crippen MR) is 108 cm³/mol. The molecule has 1 N–H and O–H groups in total. The second-order valence-electron chi connectivity index (χ2n) is 7.76. The van der Waals surface area contributed by atoms with Gasteiger partial charge < -0.3 is 9.47 Å². The standard InChI is InChI=1S/C21H27NO5S/c1-15(2)19(20(23)27-21(3,4)5)22-28(24,25)18-13-11-17(12-14-18)26-16-9-7-6-8-10-16/h6-15,19,22H,1-5H3. The van der Waals surface area contributed by atoms with Crippen molar-refractivity contribution in [3.05, 3.63) is 54.6 Å². The summed E-state index contributed by atoms with van der Waals surface area (Å²) in [5.74, 6) is 0.291. The molecule has 0 heterocycles. The van der Waals surface area contributed by atoms with Crippen molar-refractivity contribution in [2.45, 2.75) is 51.2 Å². The molecule has 7 heteroatoms. The van der Waals surface area contributed by atoms with E-state index in [-0.39, 0.29) is 10.8 Å². The van der Waals surface area contributed by atoms with Crippen LogP contribution in [0.4, 0.5) is 0 Å². The number of sulfonamides is 1. The number of esters is 1. The summed E-state index contributed by atoms with van der Waals surface area (Å²) in [5.41, 5.74) is -0.702. The summed E-state index contributed by atoms with van der Waals surface area (Å²) in [7, 11) is -3.90. The average molecular weight is 406 g/mol. The zero-order valence-corrected chi connectivity index (χ0v) is 17.6. The van der Waals surface area contributed by atoms with Gasteiger partial charge in [0.2, 0.25) is 10.0 Å². The minimum absolute atomic E-state index is 0.0436. The van der Waals surface area contributed by atoms with Gasteiger partial charge in [-0.1, -0.05) is 32.0 Å². The van der Waals surface area contributed by atoms with Crippen LogP contribution in [-0.2, 0) is 19.6 Å². The second-order valence-corrected chi connectivity index (χ2v) is 9.48. The number of carbonyl (C=O) groups excluding carboxylic acids is 1. The van der Waals surface area contributed by atoms with E-state index in [4.69, 9.17) is 9.47 Å². The topological polar surface area (TPSA) is 81.7 Å². The summed E-state index contributed by atoms with van der Waals surface area (Å²) >= 11 is 0. The van der Waals surface area contributed by atoms with Crippen molar-refractivity contribution >= 4 is 16.0 Å². The Labute approximate surface area is 166 Å². The van der Waals surface area contributed by atoms with E-state index in [2.05, 4.69) is 4.72 Å². The molecule has 0 aliphatic carbocycles. The minimum atomic E-state index is -3.90. The number of hydrogen-bond acceptors (Lipinski definition) is 5. The van der Waals surface area contributed by atoms with E-state index in [1.165, 1.54) is 12.1 Å². The van der Waals surface area contributed by atoms with E-state index in [9.17, 15) is 13.2 Å². The van der Waals surface area contributed by atoms with Gasteiger partial charge in [0.25, 0.3) is 0 Å². The van der Waals surface area contributed by atoms with Crippen LogP contribution < -0.4 is 9.46 Å². The fourth-order valence-electron chi connectivity index (χ4n) is 2.37. The fourth-order valence-corrected chi connectivity index (χ4v) is 3.70. The summed E-state index contributed by atoms with van der Waals surface area (Å²) in [6.45, 7) is 8.73. The highest BCUT2D eigenvalue weighted by molar-refractivity contribution is 7.89. The Morgan fingerprint density at radius 2 is 1.46 bits per heavy atom. The SMILES string of the molecule is CC(C)C(NS(=O)(=O)c1ccc(Oc2ccccc2)cc1)C(=O)OC(C)(C)C. The van der Waals surface area contributed by atoms with Crippen molar-refractivity contribution in [2.75, 3.05) is 0 Å². The molecule has 0 saturated heterocycles. The molecule has 0 amide bonds. The zero-order valence-electron chi connectivity index (χ0n) is 16.8. The van der Waals surface area contributed by atoms with Crippen LogP contribution in [0.5, 0.6) is 11.5 Å². The summed E-state index contributed by atoms with van der Waals surface area (Å²) in [5, 5.41) is 0. The molecule has 152 valence electrons. The van der Waals surface area contributed by atoms with Crippen molar-refractivity contribution in [1.82, 2.24) is 4.72 Å². The van der Waals surface area contributed by atoms with Crippen molar-refractivity contribution in [1.29, 1.82) is 0 Å². The maximum absolute atomic E-state index is 12.7. The van der Waals surface area contributed by atoms with Crippen molar-refractivity contribution in [3.63, 3.8) is 0 Å². The first-order valence-corrected chi connectivity index (χ1v) is 10.5. The smallest absolute Gasteiger partial charge is 0.324 e. The van der Waals surface area contributed by atoms with Crippen LogP contribution in [0.25, 0.3) is 0 Å². The third kappa shape index (κ3) is 6.35. The molecular weight excluding hydrogens is 378 g/mol. The van der Waals surface area contributed by atoms with Gasteiger partial charge >= 0.3 is 5.97 Å². The van der Waals surface area contributed by atoms with Crippen LogP contribution >= 0.6 is 0 Å². The molecule has 0 aliphatic heterocycles. The Kier molecular flexibility index (Phi) is 6.85. The monoisotopic (exact) mass is 405 g/mol. The Balaban J connectivity index is 2.15. The molecule has 1 unspecified atom stereocenters. The van der Waals surface area contributed by atoms with Gasteiger partial charge in [-0.2, -0.15) is 4.72 Å². The van der Waals surface area contributed by atoms with Gasteiger partial charge in [-0.3, -0.25) is 4.79 Å². The van der Waals surface area contributed by atoms with Gasteiger partial charge in [-0.25, -0.2) is 8.42 Å². The summed E-state index contributed by atoms with van der Waals surface area (Å²) in [6.07, 6.45) is 0. The van der Waals surface area contributed by atoms with Gasteiger partial charge in [-0.05, 0) is 63.1 Å². The molecule has 2 rings (SSSR count).